The molecular formula is C16H14N2O3. The number of fused-ring (bicyclic) bond motifs is 1. The predicted octanol–water partition coefficient (Wildman–Crippen LogP) is 2.33. The van der Waals surface area contributed by atoms with E-state index < -0.39 is 17.9 Å². The molecule has 2 rings (SSSR count). The lowest BCUT2D eigenvalue weighted by atomic mass is 10.0. The Balaban J connectivity index is 2.26. The molecule has 0 saturated carbocycles. The highest BCUT2D eigenvalue weighted by molar-refractivity contribution is 6.07. The number of carbonyl (C=O) groups is 2. The Morgan fingerprint density at radius 1 is 1.19 bits per heavy atom. The van der Waals surface area contributed by atoms with E-state index in [0.29, 0.717) is 5.56 Å². The van der Waals surface area contributed by atoms with Gasteiger partial charge < -0.3 is 10.4 Å². The van der Waals surface area contributed by atoms with Crippen molar-refractivity contribution in [1.29, 1.82) is 5.26 Å². The number of nitrogens with one attached hydrogen (secondary N) is 1. The molecule has 0 aliphatic rings. The van der Waals surface area contributed by atoms with Gasteiger partial charge in [0.15, 0.2) is 0 Å². The molecule has 1 atom stereocenters. The third kappa shape index (κ3) is 3.37. The largest absolute Gasteiger partial charge is 0.480 e. The van der Waals surface area contributed by atoms with Crippen LogP contribution >= 0.6 is 0 Å². The smallest absolute Gasteiger partial charge is 0.326 e. The highest BCUT2D eigenvalue weighted by Crippen LogP contribution is 2.18. The quantitative estimate of drug-likeness (QED) is 0.880. The van der Waals surface area contributed by atoms with Gasteiger partial charge in [-0.1, -0.05) is 36.4 Å². The van der Waals surface area contributed by atoms with E-state index in [1.165, 1.54) is 0 Å². The van der Waals surface area contributed by atoms with Crippen LogP contribution in [0.4, 0.5) is 0 Å². The molecule has 0 radical (unpaired) electrons. The maximum absolute atomic E-state index is 12.3. The van der Waals surface area contributed by atoms with Gasteiger partial charge in [0.25, 0.3) is 5.91 Å². The minimum absolute atomic E-state index is 0.0762. The summed E-state index contributed by atoms with van der Waals surface area (Å²) < 4.78 is 0. The van der Waals surface area contributed by atoms with Gasteiger partial charge >= 0.3 is 5.97 Å². The average molecular weight is 282 g/mol. The van der Waals surface area contributed by atoms with Gasteiger partial charge in [-0.3, -0.25) is 4.79 Å². The van der Waals surface area contributed by atoms with E-state index in [1.54, 1.807) is 12.1 Å². The molecule has 2 N–H and O–H groups in total. The molecule has 106 valence electrons. The first-order valence-electron chi connectivity index (χ1n) is 6.52. The predicted molar refractivity (Wildman–Crippen MR) is 77.7 cm³/mol. The van der Waals surface area contributed by atoms with Crippen molar-refractivity contribution in [2.45, 2.75) is 18.9 Å². The fourth-order valence-corrected chi connectivity index (χ4v) is 2.13. The lowest BCUT2D eigenvalue weighted by Crippen LogP contribution is -2.40. The summed E-state index contributed by atoms with van der Waals surface area (Å²) in [6.07, 6.45) is 0.162. The molecule has 1 amide bonds. The Kier molecular flexibility index (Phi) is 4.52. The lowest BCUT2D eigenvalue weighted by Gasteiger charge is -2.14. The van der Waals surface area contributed by atoms with E-state index >= 15 is 0 Å². The molecule has 2 aromatic rings. The Bertz CT molecular complexity index is 714. The minimum Gasteiger partial charge on any atom is -0.480 e. The van der Waals surface area contributed by atoms with Crippen molar-refractivity contribution in [1.82, 2.24) is 5.32 Å². The van der Waals surface area contributed by atoms with Crippen LogP contribution in [-0.2, 0) is 4.79 Å². The fourth-order valence-electron chi connectivity index (χ4n) is 2.13. The third-order valence-electron chi connectivity index (χ3n) is 3.18. The van der Waals surface area contributed by atoms with Crippen LogP contribution in [0.2, 0.25) is 0 Å². The molecule has 0 unspecified atom stereocenters. The maximum atomic E-state index is 12.3. The minimum atomic E-state index is -1.14. The fraction of sp³-hybridized carbons (Fsp3) is 0.188. The molecule has 0 aliphatic carbocycles. The Morgan fingerprint density at radius 2 is 1.90 bits per heavy atom. The van der Waals surface area contributed by atoms with Crippen LogP contribution in [0, 0.1) is 11.3 Å². The van der Waals surface area contributed by atoms with E-state index in [1.807, 2.05) is 36.4 Å². The van der Waals surface area contributed by atoms with Crippen LogP contribution in [0.3, 0.4) is 0 Å². The summed E-state index contributed by atoms with van der Waals surface area (Å²) in [5.41, 5.74) is 0.427. The SMILES string of the molecule is N#CCC[C@H](NC(=O)c1cccc2ccccc12)C(=O)O. The zero-order valence-electron chi connectivity index (χ0n) is 11.2. The van der Waals surface area contributed by atoms with Crippen molar-refractivity contribution in [2.24, 2.45) is 0 Å². The molecule has 2 aromatic carbocycles. The van der Waals surface area contributed by atoms with Crippen LogP contribution in [0.5, 0.6) is 0 Å². The normalized spacial score (nSPS) is 11.6. The van der Waals surface area contributed by atoms with Gasteiger partial charge in [0.1, 0.15) is 6.04 Å². The first-order chi connectivity index (χ1) is 10.1. The molecule has 0 bridgehead atoms. The van der Waals surface area contributed by atoms with Crippen LogP contribution in [-0.4, -0.2) is 23.0 Å². The zero-order chi connectivity index (χ0) is 15.2. The van der Waals surface area contributed by atoms with Gasteiger partial charge in [0.2, 0.25) is 0 Å². The standard InChI is InChI=1S/C16H14N2O3/c17-10-4-9-14(16(20)21)18-15(19)13-8-3-6-11-5-1-2-7-12(11)13/h1-3,5-8,14H,4,9H2,(H,18,19)(H,20,21)/t14-/m0/s1. The summed E-state index contributed by atoms with van der Waals surface area (Å²) in [4.78, 5) is 23.4. The molecule has 0 heterocycles. The van der Waals surface area contributed by atoms with E-state index in [0.717, 1.165) is 10.8 Å². The number of carboxylic acid groups (broad SMARTS) is 1. The van der Waals surface area contributed by atoms with Crippen LogP contribution in [0.25, 0.3) is 10.8 Å². The number of nitriles is 1. The zero-order valence-corrected chi connectivity index (χ0v) is 11.2. The lowest BCUT2D eigenvalue weighted by molar-refractivity contribution is -0.139. The average Bonchev–Trinajstić information content (AvgIpc) is 2.50. The number of carboxylic acids is 1. The Morgan fingerprint density at radius 3 is 2.62 bits per heavy atom. The number of rotatable bonds is 5. The molecular weight excluding hydrogens is 268 g/mol. The molecule has 0 fully saturated rings. The van der Waals surface area contributed by atoms with E-state index in [2.05, 4.69) is 5.32 Å². The number of aliphatic carboxylic acids is 1. The summed E-state index contributed by atoms with van der Waals surface area (Å²) in [7, 11) is 0. The number of hydrogen-bond donors (Lipinski definition) is 2. The first kappa shape index (κ1) is 14.5. The van der Waals surface area contributed by atoms with E-state index in [4.69, 9.17) is 10.4 Å². The topological polar surface area (TPSA) is 90.2 Å². The second kappa shape index (κ2) is 6.53. The summed E-state index contributed by atoms with van der Waals surface area (Å²) in [5, 5.41) is 21.8. The van der Waals surface area contributed by atoms with Gasteiger partial charge in [0.05, 0.1) is 6.07 Å². The van der Waals surface area contributed by atoms with E-state index in [9.17, 15) is 9.59 Å². The van der Waals surface area contributed by atoms with Crippen molar-refractivity contribution < 1.29 is 14.7 Å². The van der Waals surface area contributed by atoms with Crippen molar-refractivity contribution in [3.8, 4) is 6.07 Å². The summed E-state index contributed by atoms with van der Waals surface area (Å²) in [6.45, 7) is 0. The van der Waals surface area contributed by atoms with Crippen LogP contribution in [0.1, 0.15) is 23.2 Å². The highest BCUT2D eigenvalue weighted by Gasteiger charge is 2.21. The number of amides is 1. The van der Waals surface area contributed by atoms with Crippen molar-refractivity contribution in [2.75, 3.05) is 0 Å². The molecule has 0 saturated heterocycles. The second-order valence-corrected chi connectivity index (χ2v) is 4.59. The highest BCUT2D eigenvalue weighted by atomic mass is 16.4. The van der Waals surface area contributed by atoms with Gasteiger partial charge in [0, 0.05) is 12.0 Å². The summed E-state index contributed by atoms with van der Waals surface area (Å²) >= 11 is 0. The van der Waals surface area contributed by atoms with Crippen LogP contribution < -0.4 is 5.32 Å². The molecule has 0 aromatic heterocycles. The van der Waals surface area contributed by atoms with Crippen molar-refractivity contribution >= 4 is 22.6 Å². The maximum Gasteiger partial charge on any atom is 0.326 e. The molecule has 21 heavy (non-hydrogen) atoms. The third-order valence-corrected chi connectivity index (χ3v) is 3.18. The molecule has 5 nitrogen and oxygen atoms in total. The molecule has 0 aliphatic heterocycles. The molecule has 0 spiro atoms. The van der Waals surface area contributed by atoms with Gasteiger partial charge in [-0.2, -0.15) is 5.26 Å². The van der Waals surface area contributed by atoms with Gasteiger partial charge in [-0.15, -0.1) is 0 Å². The number of hydrogen-bond acceptors (Lipinski definition) is 3. The Labute approximate surface area is 121 Å². The number of nitrogens with zero attached hydrogens (tertiary/aromatic N) is 1. The monoisotopic (exact) mass is 282 g/mol. The number of carbonyl (C=O) groups excluding carboxylic acids is 1. The molecule has 5 heteroatoms. The van der Waals surface area contributed by atoms with Gasteiger partial charge in [-0.25, -0.2) is 4.79 Å². The number of benzene rings is 2. The summed E-state index contributed by atoms with van der Waals surface area (Å²) in [6, 6.07) is 13.5. The van der Waals surface area contributed by atoms with Crippen molar-refractivity contribution in [3.05, 3.63) is 48.0 Å². The first-order valence-corrected chi connectivity index (χ1v) is 6.52. The van der Waals surface area contributed by atoms with Gasteiger partial charge in [-0.05, 0) is 23.3 Å². The van der Waals surface area contributed by atoms with Crippen LogP contribution in [0.15, 0.2) is 42.5 Å². The van der Waals surface area contributed by atoms with E-state index in [-0.39, 0.29) is 12.8 Å². The second-order valence-electron chi connectivity index (χ2n) is 4.59. The Hall–Kier alpha value is -2.87. The summed E-state index contributed by atoms with van der Waals surface area (Å²) in [5.74, 6) is -1.59. The van der Waals surface area contributed by atoms with Crippen molar-refractivity contribution in [3.63, 3.8) is 0 Å².